The van der Waals surface area contributed by atoms with E-state index in [1.54, 1.807) is 12.1 Å². The highest BCUT2D eigenvalue weighted by Gasteiger charge is 2.18. The fourth-order valence-electron chi connectivity index (χ4n) is 1.64. The minimum absolute atomic E-state index is 0.0745. The number of nitrogens with zero attached hydrogens (tertiary/aromatic N) is 2. The number of anilines is 2. The molecule has 0 spiro atoms. The van der Waals surface area contributed by atoms with Gasteiger partial charge in [-0.3, -0.25) is 0 Å². The van der Waals surface area contributed by atoms with Gasteiger partial charge in [-0.2, -0.15) is 0 Å². The zero-order valence-corrected chi connectivity index (χ0v) is 8.96. The number of aromatic nitrogens is 2. The molecule has 1 heterocycles. The van der Waals surface area contributed by atoms with Gasteiger partial charge in [0, 0.05) is 18.3 Å². The number of benzene rings is 1. The maximum atomic E-state index is 11.7. The maximum Gasteiger partial charge on any atom is 0.320 e. The molecule has 7 heteroatoms. The Hall–Kier alpha value is -2.28. The van der Waals surface area contributed by atoms with Crippen LogP contribution in [-0.2, 0) is 0 Å². The van der Waals surface area contributed by atoms with E-state index in [0.717, 1.165) is 6.20 Å². The molecule has 0 saturated heterocycles. The quantitative estimate of drug-likeness (QED) is 0.363. The monoisotopic (exact) mass is 236 g/mol. The van der Waals surface area contributed by atoms with Gasteiger partial charge >= 0.3 is 5.52 Å². The van der Waals surface area contributed by atoms with Crippen molar-refractivity contribution in [3.63, 3.8) is 0 Å². The molecule has 0 fully saturated rings. The van der Waals surface area contributed by atoms with E-state index in [4.69, 9.17) is 10.8 Å². The molecule has 17 heavy (non-hydrogen) atoms. The summed E-state index contributed by atoms with van der Waals surface area (Å²) in [5.74, 6) is 0. The standard InChI is InChI=1S/C10H12N4O3/c11-8-1-2-9(12-4-6-15)10-7(8)3-5-13(16)14(10)17/h1-3,5,12,15H,4,6,11H2. The number of hydrogen-bond acceptors (Lipinski definition) is 5. The first-order valence-electron chi connectivity index (χ1n) is 5.04. The first-order chi connectivity index (χ1) is 8.15. The van der Waals surface area contributed by atoms with Crippen LogP contribution in [0, 0.1) is 10.4 Å². The van der Waals surface area contributed by atoms with Crippen LogP contribution in [0.25, 0.3) is 10.9 Å². The van der Waals surface area contributed by atoms with Crippen LogP contribution in [-0.4, -0.2) is 18.3 Å². The van der Waals surface area contributed by atoms with Gasteiger partial charge in [0.2, 0.25) is 0 Å². The molecule has 1 aromatic heterocycles. The normalized spacial score (nSPS) is 10.6. The van der Waals surface area contributed by atoms with Gasteiger partial charge in [-0.15, -0.1) is 0 Å². The highest BCUT2D eigenvalue weighted by atomic mass is 16.6. The Kier molecular flexibility index (Phi) is 2.84. The first-order valence-corrected chi connectivity index (χ1v) is 5.04. The third-order valence-electron chi connectivity index (χ3n) is 2.42. The Bertz CT molecular complexity index is 559. The number of nitrogen functional groups attached to an aromatic ring is 1. The molecule has 90 valence electrons. The van der Waals surface area contributed by atoms with Crippen LogP contribution in [0.4, 0.5) is 11.4 Å². The lowest BCUT2D eigenvalue weighted by molar-refractivity contribution is -1.18. The second kappa shape index (κ2) is 4.30. The average Bonchev–Trinajstić information content (AvgIpc) is 2.33. The highest BCUT2D eigenvalue weighted by Crippen LogP contribution is 2.24. The van der Waals surface area contributed by atoms with Crippen LogP contribution in [0.3, 0.4) is 0 Å². The molecule has 0 aliphatic rings. The molecular weight excluding hydrogens is 224 g/mol. The third-order valence-corrected chi connectivity index (χ3v) is 2.42. The Morgan fingerprint density at radius 2 is 2.06 bits per heavy atom. The van der Waals surface area contributed by atoms with E-state index in [1.165, 1.54) is 6.07 Å². The zero-order valence-electron chi connectivity index (χ0n) is 8.96. The predicted octanol–water partition coefficient (Wildman–Crippen LogP) is -0.907. The molecule has 0 amide bonds. The Morgan fingerprint density at radius 3 is 2.76 bits per heavy atom. The van der Waals surface area contributed by atoms with Crippen LogP contribution in [0.15, 0.2) is 24.4 Å². The summed E-state index contributed by atoms with van der Waals surface area (Å²) in [6.45, 7) is 0.210. The SMILES string of the molecule is Nc1ccc(NCCO)c2c1cc[n+]([O-])[n+]2[O-]. The van der Waals surface area contributed by atoms with Crippen molar-refractivity contribution in [2.75, 3.05) is 24.2 Å². The summed E-state index contributed by atoms with van der Waals surface area (Å²) in [7, 11) is 0. The van der Waals surface area contributed by atoms with Gasteiger partial charge in [-0.25, -0.2) is 0 Å². The molecule has 0 radical (unpaired) electrons. The van der Waals surface area contributed by atoms with Crippen LogP contribution < -0.4 is 20.7 Å². The number of aliphatic hydroxyl groups excluding tert-OH is 1. The van der Waals surface area contributed by atoms with E-state index in [9.17, 15) is 10.4 Å². The van der Waals surface area contributed by atoms with Crippen molar-refractivity contribution in [3.05, 3.63) is 34.8 Å². The van der Waals surface area contributed by atoms with Gasteiger partial charge in [0.25, 0.3) is 6.20 Å². The number of aliphatic hydroxyl groups is 1. The molecule has 2 aromatic rings. The summed E-state index contributed by atoms with van der Waals surface area (Å²) >= 11 is 0. The summed E-state index contributed by atoms with van der Waals surface area (Å²) in [5.41, 5.74) is 6.77. The lowest BCUT2D eigenvalue weighted by Gasteiger charge is -2.08. The van der Waals surface area contributed by atoms with Gasteiger partial charge in [-0.05, 0) is 12.1 Å². The molecule has 0 saturated carbocycles. The second-order valence-electron chi connectivity index (χ2n) is 3.51. The van der Waals surface area contributed by atoms with Gasteiger partial charge in [0.15, 0.2) is 0 Å². The van der Waals surface area contributed by atoms with E-state index in [2.05, 4.69) is 5.32 Å². The Labute approximate surface area is 96.9 Å². The third kappa shape index (κ3) is 1.87. The molecule has 7 nitrogen and oxygen atoms in total. The number of hydrogen-bond donors (Lipinski definition) is 3. The van der Waals surface area contributed by atoms with Gasteiger partial charge in [0.1, 0.15) is 5.69 Å². The van der Waals surface area contributed by atoms with Gasteiger partial charge < -0.3 is 26.6 Å². The van der Waals surface area contributed by atoms with Crippen LogP contribution in [0.5, 0.6) is 0 Å². The lowest BCUT2D eigenvalue weighted by atomic mass is 10.1. The molecule has 0 bridgehead atoms. The number of rotatable bonds is 3. The van der Waals surface area contributed by atoms with Crippen LogP contribution in [0.1, 0.15) is 0 Å². The molecule has 2 rings (SSSR count). The molecule has 4 N–H and O–H groups in total. The van der Waals surface area contributed by atoms with Gasteiger partial charge in [-0.1, -0.05) is 0 Å². The maximum absolute atomic E-state index is 11.7. The summed E-state index contributed by atoms with van der Waals surface area (Å²) in [5, 5.41) is 35.0. The minimum atomic E-state index is -0.0745. The molecular formula is C10H12N4O3. The molecule has 0 aliphatic heterocycles. The summed E-state index contributed by atoms with van der Waals surface area (Å²) in [6.07, 6.45) is 1.10. The topological polar surface area (TPSA) is 112 Å². The van der Waals surface area contributed by atoms with Crippen LogP contribution >= 0.6 is 0 Å². The molecule has 1 aromatic carbocycles. The summed E-state index contributed by atoms with van der Waals surface area (Å²) in [6, 6.07) is 4.72. The number of nitrogens with two attached hydrogens (primary N) is 1. The van der Waals surface area contributed by atoms with E-state index in [1.807, 2.05) is 0 Å². The largest absolute Gasteiger partial charge is 0.561 e. The van der Waals surface area contributed by atoms with Crippen molar-refractivity contribution in [2.24, 2.45) is 0 Å². The van der Waals surface area contributed by atoms with E-state index in [-0.39, 0.29) is 28.4 Å². The van der Waals surface area contributed by atoms with Crippen molar-refractivity contribution < 1.29 is 14.8 Å². The fraction of sp³-hybridized carbons (Fsp3) is 0.200. The number of fused-ring (bicyclic) bond motifs is 1. The smallest absolute Gasteiger partial charge is 0.320 e. The molecule has 0 aliphatic carbocycles. The van der Waals surface area contributed by atoms with Crippen molar-refractivity contribution in [3.8, 4) is 0 Å². The van der Waals surface area contributed by atoms with E-state index >= 15 is 0 Å². The Morgan fingerprint density at radius 1 is 1.29 bits per heavy atom. The summed E-state index contributed by atoms with van der Waals surface area (Å²) in [4.78, 5) is 0.386. The van der Waals surface area contributed by atoms with E-state index in [0.29, 0.717) is 16.8 Å². The van der Waals surface area contributed by atoms with Crippen molar-refractivity contribution in [1.82, 2.24) is 0 Å². The molecule has 0 unspecified atom stereocenters. The number of nitrogens with one attached hydrogen (secondary N) is 1. The van der Waals surface area contributed by atoms with Crippen molar-refractivity contribution in [2.45, 2.75) is 0 Å². The van der Waals surface area contributed by atoms with Crippen molar-refractivity contribution in [1.29, 1.82) is 0 Å². The Balaban J connectivity index is 2.68. The molecule has 0 atom stereocenters. The van der Waals surface area contributed by atoms with Crippen molar-refractivity contribution >= 4 is 22.3 Å². The predicted molar refractivity (Wildman–Crippen MR) is 61.9 cm³/mol. The average molecular weight is 236 g/mol. The summed E-state index contributed by atoms with van der Waals surface area (Å²) < 4.78 is 0. The minimum Gasteiger partial charge on any atom is -0.561 e. The lowest BCUT2D eigenvalue weighted by Crippen LogP contribution is -2.60. The van der Waals surface area contributed by atoms with E-state index < -0.39 is 0 Å². The fourth-order valence-corrected chi connectivity index (χ4v) is 1.64. The van der Waals surface area contributed by atoms with Gasteiger partial charge in [0.05, 0.1) is 21.7 Å². The second-order valence-corrected chi connectivity index (χ2v) is 3.51. The first kappa shape index (κ1) is 11.2. The highest BCUT2D eigenvalue weighted by molar-refractivity contribution is 5.95. The van der Waals surface area contributed by atoms with Crippen LogP contribution in [0.2, 0.25) is 0 Å². The zero-order chi connectivity index (χ0) is 12.4.